The van der Waals surface area contributed by atoms with E-state index >= 15 is 0 Å². The van der Waals surface area contributed by atoms with Gasteiger partial charge >= 0.3 is 0 Å². The Labute approximate surface area is 168 Å². The largest absolute Gasteiger partial charge is 0.495 e. The number of pyridine rings is 1. The van der Waals surface area contributed by atoms with Gasteiger partial charge in [-0.15, -0.1) is 0 Å². The zero-order chi connectivity index (χ0) is 21.3. The van der Waals surface area contributed by atoms with Gasteiger partial charge in [-0.1, -0.05) is 0 Å². The molecule has 1 heterocycles. The molecule has 2 aromatic carbocycles. The van der Waals surface area contributed by atoms with Gasteiger partial charge in [0.05, 0.1) is 34.5 Å². The lowest BCUT2D eigenvalue weighted by Crippen LogP contribution is -2.22. The van der Waals surface area contributed by atoms with Crippen LogP contribution in [0.15, 0.2) is 47.4 Å². The Bertz CT molecular complexity index is 1210. The van der Waals surface area contributed by atoms with E-state index in [1.807, 2.05) is 0 Å². The van der Waals surface area contributed by atoms with Crippen molar-refractivity contribution in [2.24, 2.45) is 0 Å². The van der Waals surface area contributed by atoms with Crippen molar-refractivity contribution >= 4 is 32.5 Å². The predicted molar refractivity (Wildman–Crippen MR) is 108 cm³/mol. The van der Waals surface area contributed by atoms with Crippen molar-refractivity contribution < 1.29 is 22.3 Å². The molecule has 29 heavy (non-hydrogen) atoms. The number of nitrogens with zero attached hydrogens (tertiary/aromatic N) is 2. The van der Waals surface area contributed by atoms with Crippen LogP contribution in [-0.2, 0) is 10.0 Å². The number of nitrogens with one attached hydrogen (secondary N) is 1. The highest BCUT2D eigenvalue weighted by Gasteiger charge is 2.21. The van der Waals surface area contributed by atoms with E-state index in [2.05, 4.69) is 10.3 Å². The molecule has 0 aliphatic heterocycles. The number of aromatic nitrogens is 1. The number of ether oxygens (including phenoxy) is 1. The second-order valence-corrected chi connectivity index (χ2v) is 8.71. The molecule has 0 unspecified atom stereocenters. The predicted octanol–water partition coefficient (Wildman–Crippen LogP) is 3.19. The van der Waals surface area contributed by atoms with E-state index in [1.54, 1.807) is 19.1 Å². The molecule has 0 spiro atoms. The molecule has 1 amide bonds. The minimum atomic E-state index is -3.69. The highest BCUT2D eigenvalue weighted by atomic mass is 32.2. The third kappa shape index (κ3) is 4.06. The maximum Gasteiger partial charge on any atom is 0.257 e. The topological polar surface area (TPSA) is 88.6 Å². The number of rotatable bonds is 5. The first-order valence-corrected chi connectivity index (χ1v) is 10.1. The Kier molecular flexibility index (Phi) is 5.54. The lowest BCUT2D eigenvalue weighted by molar-refractivity contribution is 0.102. The van der Waals surface area contributed by atoms with E-state index in [0.29, 0.717) is 22.3 Å². The number of carbonyl (C=O) groups excluding carboxylic acids is 1. The van der Waals surface area contributed by atoms with Gasteiger partial charge in [0.15, 0.2) is 0 Å². The van der Waals surface area contributed by atoms with E-state index in [1.165, 1.54) is 51.5 Å². The molecule has 0 radical (unpaired) electrons. The molecule has 0 atom stereocenters. The van der Waals surface area contributed by atoms with E-state index in [4.69, 9.17) is 4.74 Å². The Morgan fingerprint density at radius 2 is 1.86 bits per heavy atom. The molecule has 9 heteroatoms. The van der Waals surface area contributed by atoms with Gasteiger partial charge in [0, 0.05) is 25.5 Å². The van der Waals surface area contributed by atoms with Gasteiger partial charge in [-0.05, 0) is 43.3 Å². The molecule has 0 saturated heterocycles. The smallest absolute Gasteiger partial charge is 0.257 e. The lowest BCUT2D eigenvalue weighted by Gasteiger charge is -2.15. The molecule has 0 aliphatic rings. The van der Waals surface area contributed by atoms with Crippen molar-refractivity contribution in [3.05, 3.63) is 59.5 Å². The fourth-order valence-corrected chi connectivity index (χ4v) is 3.74. The van der Waals surface area contributed by atoms with Gasteiger partial charge in [-0.2, -0.15) is 0 Å². The molecule has 3 aromatic rings. The summed E-state index contributed by atoms with van der Waals surface area (Å²) in [6.45, 7) is 1.64. The quantitative estimate of drug-likeness (QED) is 0.689. The first-order valence-electron chi connectivity index (χ1n) is 8.62. The zero-order valence-corrected chi connectivity index (χ0v) is 17.2. The average molecular weight is 417 g/mol. The van der Waals surface area contributed by atoms with Gasteiger partial charge < -0.3 is 10.1 Å². The Morgan fingerprint density at radius 1 is 1.14 bits per heavy atom. The number of carbonyl (C=O) groups is 1. The number of anilines is 1. The molecule has 7 nitrogen and oxygen atoms in total. The van der Waals surface area contributed by atoms with Gasteiger partial charge in [-0.3, -0.25) is 9.78 Å². The normalized spacial score (nSPS) is 11.7. The van der Waals surface area contributed by atoms with E-state index in [-0.39, 0.29) is 16.1 Å². The minimum absolute atomic E-state index is 0.0161. The second-order valence-electron chi connectivity index (χ2n) is 6.56. The summed E-state index contributed by atoms with van der Waals surface area (Å²) in [6, 6.07) is 9.95. The van der Waals surface area contributed by atoms with Crippen LogP contribution in [0.5, 0.6) is 5.75 Å². The van der Waals surface area contributed by atoms with Crippen LogP contribution in [0, 0.1) is 12.7 Å². The van der Waals surface area contributed by atoms with Crippen LogP contribution >= 0.6 is 0 Å². The number of hydrogen-bond acceptors (Lipinski definition) is 5. The molecule has 3 rings (SSSR count). The number of fused-ring (bicyclic) bond motifs is 1. The molecule has 1 N–H and O–H groups in total. The average Bonchev–Trinajstić information content (AvgIpc) is 2.67. The first-order chi connectivity index (χ1) is 13.6. The van der Waals surface area contributed by atoms with Crippen molar-refractivity contribution in [1.82, 2.24) is 9.29 Å². The van der Waals surface area contributed by atoms with Crippen LogP contribution in [0.25, 0.3) is 10.9 Å². The van der Waals surface area contributed by atoms with Crippen LogP contribution in [0.4, 0.5) is 10.1 Å². The molecule has 1 aromatic heterocycles. The molecule has 0 fully saturated rings. The van der Waals surface area contributed by atoms with Crippen molar-refractivity contribution in [2.75, 3.05) is 26.5 Å². The summed E-state index contributed by atoms with van der Waals surface area (Å²) in [4.78, 5) is 17.2. The number of benzene rings is 2. The number of aryl methyl sites for hydroxylation is 1. The van der Waals surface area contributed by atoms with Crippen molar-refractivity contribution in [1.29, 1.82) is 0 Å². The maximum absolute atomic E-state index is 13.4. The Morgan fingerprint density at radius 3 is 2.52 bits per heavy atom. The van der Waals surface area contributed by atoms with Crippen LogP contribution < -0.4 is 10.1 Å². The number of sulfonamides is 1. The fraction of sp³-hybridized carbons (Fsp3) is 0.200. The van der Waals surface area contributed by atoms with Crippen LogP contribution in [0.3, 0.4) is 0 Å². The molecule has 0 aliphatic carbocycles. The molecule has 0 saturated carbocycles. The summed E-state index contributed by atoms with van der Waals surface area (Å²) in [6.07, 6.45) is 0. The Hall–Kier alpha value is -3.04. The van der Waals surface area contributed by atoms with Gasteiger partial charge in [0.2, 0.25) is 10.0 Å². The zero-order valence-electron chi connectivity index (χ0n) is 16.4. The summed E-state index contributed by atoms with van der Waals surface area (Å²) in [7, 11) is 0.575. The molecule has 152 valence electrons. The van der Waals surface area contributed by atoms with Crippen molar-refractivity contribution in [3.8, 4) is 5.75 Å². The summed E-state index contributed by atoms with van der Waals surface area (Å²) >= 11 is 0. The lowest BCUT2D eigenvalue weighted by atomic mass is 10.1. The summed E-state index contributed by atoms with van der Waals surface area (Å²) in [5.74, 6) is -0.589. The first kappa shape index (κ1) is 20.7. The highest BCUT2D eigenvalue weighted by Crippen LogP contribution is 2.29. The standard InChI is InChI=1S/C20H20FN3O4S/c1-12-16(9-13-5-6-14(21)10-17(13)22-12)20(25)23-18-11-15(7-8-19(18)28-4)29(26,27)24(2)3/h5-11H,1-4H3,(H,23,25). The SMILES string of the molecule is COc1ccc(S(=O)(=O)N(C)C)cc1NC(=O)c1cc2ccc(F)cc2nc1C. The summed E-state index contributed by atoms with van der Waals surface area (Å²) < 4.78 is 44.5. The van der Waals surface area contributed by atoms with Crippen molar-refractivity contribution in [2.45, 2.75) is 11.8 Å². The second kappa shape index (κ2) is 7.76. The summed E-state index contributed by atoms with van der Waals surface area (Å²) in [5, 5.41) is 3.29. The third-order valence-electron chi connectivity index (χ3n) is 4.41. The number of hydrogen-bond donors (Lipinski definition) is 1. The van der Waals surface area contributed by atoms with Crippen LogP contribution in [0.2, 0.25) is 0 Å². The van der Waals surface area contributed by atoms with E-state index in [0.717, 1.165) is 4.31 Å². The van der Waals surface area contributed by atoms with E-state index in [9.17, 15) is 17.6 Å². The summed E-state index contributed by atoms with van der Waals surface area (Å²) in [5.41, 5.74) is 1.35. The van der Waals surface area contributed by atoms with Gasteiger partial charge in [-0.25, -0.2) is 17.1 Å². The van der Waals surface area contributed by atoms with Crippen LogP contribution in [0.1, 0.15) is 16.1 Å². The van der Waals surface area contributed by atoms with Gasteiger partial charge in [0.25, 0.3) is 5.91 Å². The van der Waals surface area contributed by atoms with Crippen molar-refractivity contribution in [3.63, 3.8) is 0 Å². The third-order valence-corrected chi connectivity index (χ3v) is 6.22. The number of methoxy groups -OCH3 is 1. The van der Waals surface area contributed by atoms with Crippen LogP contribution in [-0.4, -0.2) is 44.8 Å². The minimum Gasteiger partial charge on any atom is -0.495 e. The fourth-order valence-electron chi connectivity index (χ4n) is 2.81. The number of halogens is 1. The van der Waals surface area contributed by atoms with Gasteiger partial charge in [0.1, 0.15) is 11.6 Å². The number of amides is 1. The highest BCUT2D eigenvalue weighted by molar-refractivity contribution is 7.89. The maximum atomic E-state index is 13.4. The monoisotopic (exact) mass is 417 g/mol. The Balaban J connectivity index is 2.01. The molecular formula is C20H20FN3O4S. The molecular weight excluding hydrogens is 397 g/mol. The van der Waals surface area contributed by atoms with E-state index < -0.39 is 21.7 Å². The molecule has 0 bridgehead atoms.